The third-order valence-electron chi connectivity index (χ3n) is 3.93. The highest BCUT2D eigenvalue weighted by Gasteiger charge is 2.47. The number of allylic oxidation sites excluding steroid dienone is 1. The second-order valence-electron chi connectivity index (χ2n) is 5.39. The molecule has 0 saturated carbocycles. The Morgan fingerprint density at radius 2 is 2.15 bits per heavy atom. The van der Waals surface area contributed by atoms with Crippen LogP contribution in [0.2, 0.25) is 0 Å². The summed E-state index contributed by atoms with van der Waals surface area (Å²) in [5.74, 6) is -1.57. The topological polar surface area (TPSA) is 65.0 Å². The molecule has 1 aliphatic heterocycles. The van der Waals surface area contributed by atoms with Crippen LogP contribution >= 0.6 is 0 Å². The lowest BCUT2D eigenvalue weighted by Crippen LogP contribution is -2.53. The Morgan fingerprint density at radius 3 is 2.65 bits per heavy atom. The van der Waals surface area contributed by atoms with Crippen molar-refractivity contribution in [2.75, 3.05) is 14.2 Å². The average molecular weight is 286 g/mol. The molecule has 0 amide bonds. The molecule has 0 radical (unpaired) electrons. The van der Waals surface area contributed by atoms with Crippen LogP contribution in [0.15, 0.2) is 11.6 Å². The molecule has 0 bridgehead atoms. The average Bonchev–Trinajstić information content (AvgIpc) is 2.42. The first-order chi connectivity index (χ1) is 9.39. The molecule has 1 saturated heterocycles. The third kappa shape index (κ3) is 3.81. The summed E-state index contributed by atoms with van der Waals surface area (Å²) in [6.45, 7) is 5.97. The van der Waals surface area contributed by atoms with Gasteiger partial charge in [-0.3, -0.25) is 4.79 Å². The Hall–Kier alpha value is -0.910. The van der Waals surface area contributed by atoms with Gasteiger partial charge >= 0.3 is 5.97 Å². The van der Waals surface area contributed by atoms with E-state index in [9.17, 15) is 9.90 Å². The summed E-state index contributed by atoms with van der Waals surface area (Å²) >= 11 is 0. The van der Waals surface area contributed by atoms with Crippen LogP contribution < -0.4 is 0 Å². The van der Waals surface area contributed by atoms with E-state index in [2.05, 4.69) is 10.8 Å². The molecule has 0 aromatic carbocycles. The lowest BCUT2D eigenvalue weighted by atomic mass is 9.84. The fourth-order valence-corrected chi connectivity index (χ4v) is 2.65. The number of esters is 1. The number of carbonyl (C=O) groups is 1. The van der Waals surface area contributed by atoms with Gasteiger partial charge in [0.05, 0.1) is 25.7 Å². The van der Waals surface area contributed by atoms with Crippen molar-refractivity contribution < 1.29 is 24.1 Å². The van der Waals surface area contributed by atoms with Gasteiger partial charge in [-0.05, 0) is 18.9 Å². The maximum Gasteiger partial charge on any atom is 0.310 e. The third-order valence-corrected chi connectivity index (χ3v) is 3.93. The van der Waals surface area contributed by atoms with E-state index in [1.165, 1.54) is 14.2 Å². The van der Waals surface area contributed by atoms with Gasteiger partial charge in [0.1, 0.15) is 0 Å². The predicted molar refractivity (Wildman–Crippen MR) is 75.1 cm³/mol. The molecule has 5 nitrogen and oxygen atoms in total. The molecule has 5 heteroatoms. The van der Waals surface area contributed by atoms with Gasteiger partial charge in [0.15, 0.2) is 5.79 Å². The van der Waals surface area contributed by atoms with Crippen LogP contribution in [0.3, 0.4) is 0 Å². The molecule has 0 aliphatic carbocycles. The van der Waals surface area contributed by atoms with Crippen LogP contribution in [0.5, 0.6) is 0 Å². The molecular weight excluding hydrogens is 260 g/mol. The number of hydrogen-bond donors (Lipinski definition) is 1. The maximum atomic E-state index is 11.6. The number of aliphatic hydroxyl groups excluding tert-OH is 1. The molecule has 1 fully saturated rings. The van der Waals surface area contributed by atoms with Gasteiger partial charge in [-0.15, -0.1) is 0 Å². The maximum absolute atomic E-state index is 11.6. The van der Waals surface area contributed by atoms with E-state index < -0.39 is 17.9 Å². The number of ether oxygens (including phenoxy) is 3. The van der Waals surface area contributed by atoms with E-state index >= 15 is 0 Å². The van der Waals surface area contributed by atoms with E-state index in [4.69, 9.17) is 9.47 Å². The zero-order valence-corrected chi connectivity index (χ0v) is 13.0. The second kappa shape index (κ2) is 7.20. The Balaban J connectivity index is 2.98. The van der Waals surface area contributed by atoms with Crippen LogP contribution in [-0.4, -0.2) is 43.3 Å². The van der Waals surface area contributed by atoms with E-state index in [1.54, 1.807) is 0 Å². The SMILES string of the molecule is CC/C=C(\C)[C@H]1O[C@](CC(=O)OC)(OC)C[C@@H](O)[C@@H]1C. The van der Waals surface area contributed by atoms with Crippen LogP contribution in [0.4, 0.5) is 0 Å². The minimum Gasteiger partial charge on any atom is -0.469 e. The summed E-state index contributed by atoms with van der Waals surface area (Å²) < 4.78 is 16.1. The number of methoxy groups -OCH3 is 2. The molecule has 1 heterocycles. The van der Waals surface area contributed by atoms with Crippen molar-refractivity contribution in [3.63, 3.8) is 0 Å². The molecule has 0 aromatic rings. The standard InChI is InChI=1S/C15H26O5/c1-6-7-10(2)14-11(3)12(16)8-15(19-5,20-14)9-13(17)18-4/h7,11-12,14,16H,6,8-9H2,1-5H3/b10-7+/t11-,12+,14+,15+/m0/s1. The molecule has 0 unspecified atom stereocenters. The molecule has 20 heavy (non-hydrogen) atoms. The first kappa shape index (κ1) is 17.1. The fourth-order valence-electron chi connectivity index (χ4n) is 2.65. The van der Waals surface area contributed by atoms with Crippen molar-refractivity contribution in [1.29, 1.82) is 0 Å². The monoisotopic (exact) mass is 286 g/mol. The number of hydrogen-bond acceptors (Lipinski definition) is 5. The van der Waals surface area contributed by atoms with Crippen molar-refractivity contribution in [2.24, 2.45) is 5.92 Å². The van der Waals surface area contributed by atoms with Gasteiger partial charge in [-0.2, -0.15) is 0 Å². The Kier molecular flexibility index (Phi) is 6.17. The lowest BCUT2D eigenvalue weighted by molar-refractivity contribution is -0.293. The fraction of sp³-hybridized carbons (Fsp3) is 0.800. The summed E-state index contributed by atoms with van der Waals surface area (Å²) in [6.07, 6.45) is 2.35. The smallest absolute Gasteiger partial charge is 0.310 e. The molecule has 1 aliphatic rings. The first-order valence-electron chi connectivity index (χ1n) is 7.03. The van der Waals surface area contributed by atoms with Crippen LogP contribution in [-0.2, 0) is 19.0 Å². The number of rotatable bonds is 5. The van der Waals surface area contributed by atoms with Crippen LogP contribution in [0, 0.1) is 5.92 Å². The quantitative estimate of drug-likeness (QED) is 0.619. The van der Waals surface area contributed by atoms with E-state index in [1.807, 2.05) is 20.8 Å². The summed E-state index contributed by atoms with van der Waals surface area (Å²) in [5.41, 5.74) is 1.05. The lowest BCUT2D eigenvalue weighted by Gasteiger charge is -2.45. The molecule has 4 atom stereocenters. The Bertz CT molecular complexity index is 365. The van der Waals surface area contributed by atoms with Gasteiger partial charge in [-0.1, -0.05) is 19.9 Å². The zero-order chi connectivity index (χ0) is 15.3. The molecule has 0 spiro atoms. The van der Waals surface area contributed by atoms with Gasteiger partial charge in [-0.25, -0.2) is 0 Å². The Morgan fingerprint density at radius 1 is 1.50 bits per heavy atom. The molecule has 0 aromatic heterocycles. The number of carbonyl (C=O) groups excluding carboxylic acids is 1. The summed E-state index contributed by atoms with van der Waals surface area (Å²) in [4.78, 5) is 11.6. The van der Waals surface area contributed by atoms with Crippen molar-refractivity contribution in [3.05, 3.63) is 11.6 Å². The predicted octanol–water partition coefficient (Wildman–Crippen LogP) is 2.03. The van der Waals surface area contributed by atoms with Gasteiger partial charge in [0.2, 0.25) is 0 Å². The van der Waals surface area contributed by atoms with Crippen LogP contribution in [0.25, 0.3) is 0 Å². The second-order valence-corrected chi connectivity index (χ2v) is 5.39. The number of aliphatic hydroxyl groups is 1. The highest BCUT2D eigenvalue weighted by Crippen LogP contribution is 2.38. The molecule has 1 N–H and O–H groups in total. The molecular formula is C15H26O5. The van der Waals surface area contributed by atoms with E-state index in [0.717, 1.165) is 12.0 Å². The minimum absolute atomic E-state index is 0.0281. The van der Waals surface area contributed by atoms with Crippen molar-refractivity contribution in [2.45, 2.75) is 58.0 Å². The molecule has 116 valence electrons. The summed E-state index contributed by atoms with van der Waals surface area (Å²) in [6, 6.07) is 0. The van der Waals surface area contributed by atoms with Gasteiger partial charge in [0.25, 0.3) is 0 Å². The largest absolute Gasteiger partial charge is 0.469 e. The van der Waals surface area contributed by atoms with Gasteiger partial charge in [0, 0.05) is 19.4 Å². The highest BCUT2D eigenvalue weighted by molar-refractivity contribution is 5.70. The van der Waals surface area contributed by atoms with Crippen molar-refractivity contribution in [1.82, 2.24) is 0 Å². The summed E-state index contributed by atoms with van der Waals surface area (Å²) in [5, 5.41) is 10.3. The van der Waals surface area contributed by atoms with Crippen molar-refractivity contribution >= 4 is 5.97 Å². The zero-order valence-electron chi connectivity index (χ0n) is 13.0. The molecule has 1 rings (SSSR count). The minimum atomic E-state index is -1.12. The normalized spacial score (nSPS) is 34.9. The van der Waals surface area contributed by atoms with Crippen LogP contribution in [0.1, 0.15) is 40.0 Å². The van der Waals surface area contributed by atoms with E-state index in [-0.39, 0.29) is 24.9 Å². The Labute approximate surface area is 120 Å². The van der Waals surface area contributed by atoms with E-state index in [0.29, 0.717) is 0 Å². The first-order valence-corrected chi connectivity index (χ1v) is 7.03. The summed E-state index contributed by atoms with van der Waals surface area (Å²) in [7, 11) is 2.81. The highest BCUT2D eigenvalue weighted by atomic mass is 16.7. The van der Waals surface area contributed by atoms with Gasteiger partial charge < -0.3 is 19.3 Å². The van der Waals surface area contributed by atoms with Crippen molar-refractivity contribution in [3.8, 4) is 0 Å².